The van der Waals surface area contributed by atoms with E-state index in [-0.39, 0.29) is 0 Å². The van der Waals surface area contributed by atoms with Crippen LogP contribution >= 0.6 is 8.25 Å². The van der Waals surface area contributed by atoms with Gasteiger partial charge in [-0.15, -0.1) is 0 Å². The van der Waals surface area contributed by atoms with Gasteiger partial charge in [0.25, 0.3) is 8.25 Å². The fourth-order valence-corrected chi connectivity index (χ4v) is 21.5. The Morgan fingerprint density at radius 2 is 0.667 bits per heavy atom. The Bertz CT molecular complexity index is 328. The number of rotatable bonds is 10. The number of hydrogen-bond donors (Lipinski definition) is 0. The van der Waals surface area contributed by atoms with Crippen LogP contribution in [0.15, 0.2) is 0 Å². The summed E-state index contributed by atoms with van der Waals surface area (Å²) in [5.74, 6) is 0. The second-order valence-electron chi connectivity index (χ2n) is 9.09. The van der Waals surface area contributed by atoms with E-state index in [1.165, 1.54) is 0 Å². The van der Waals surface area contributed by atoms with Crippen LogP contribution in [-0.4, -0.2) is 16.6 Å². The summed E-state index contributed by atoms with van der Waals surface area (Å²) < 4.78 is 26.0. The van der Waals surface area contributed by atoms with E-state index in [4.69, 9.17) is 8.43 Å². The Kier molecular flexibility index (Phi) is 9.73. The molecule has 6 heteroatoms. The molecule has 0 amide bonds. The highest BCUT2D eigenvalue weighted by atomic mass is 31.1. The lowest BCUT2D eigenvalue weighted by molar-refractivity contribution is 0.372. The van der Waals surface area contributed by atoms with E-state index in [0.717, 1.165) is 0 Å². The minimum Gasteiger partial charge on any atom is -0.352 e. The summed E-state index contributed by atoms with van der Waals surface area (Å²) in [6.07, 6.45) is 0. The van der Waals surface area contributed by atoms with Crippen molar-refractivity contribution in [2.24, 2.45) is 0 Å². The molecule has 3 nitrogen and oxygen atoms in total. The third-order valence-corrected chi connectivity index (χ3v) is 20.9. The van der Waals surface area contributed by atoms with Gasteiger partial charge in [0.1, 0.15) is 0 Å². The molecule has 146 valence electrons. The van der Waals surface area contributed by atoms with Crippen LogP contribution in [0, 0.1) is 0 Å². The van der Waals surface area contributed by atoms with Crippen molar-refractivity contribution in [3.05, 3.63) is 0 Å². The average Bonchev–Trinajstić information content (AvgIpc) is 2.39. The summed E-state index contributed by atoms with van der Waals surface area (Å²) >= 11 is 0. The van der Waals surface area contributed by atoms with Crippen LogP contribution in [0.2, 0.25) is 33.2 Å². The Morgan fingerprint density at radius 3 is 0.792 bits per heavy atom. The van der Waals surface area contributed by atoms with E-state index in [0.29, 0.717) is 33.2 Å². The van der Waals surface area contributed by atoms with Crippen molar-refractivity contribution in [3.63, 3.8) is 0 Å². The highest BCUT2D eigenvalue weighted by Gasteiger charge is 2.50. The van der Waals surface area contributed by atoms with Gasteiger partial charge in [0, 0.05) is 0 Å². The second-order valence-corrected chi connectivity index (χ2v) is 21.6. The Balaban J connectivity index is 5.69. The second kappa shape index (κ2) is 9.50. The lowest BCUT2D eigenvalue weighted by Gasteiger charge is -2.45. The molecule has 0 aromatic rings. The van der Waals surface area contributed by atoms with Gasteiger partial charge in [-0.3, -0.25) is 4.57 Å². The predicted octanol–water partition coefficient (Wildman–Crippen LogP) is 7.76. The molecule has 0 aromatic heterocycles. The molecule has 0 atom stereocenters. The quantitative estimate of drug-likeness (QED) is 0.280. The van der Waals surface area contributed by atoms with Crippen molar-refractivity contribution >= 4 is 24.9 Å². The van der Waals surface area contributed by atoms with Gasteiger partial charge in [-0.1, -0.05) is 83.1 Å². The molecule has 0 aliphatic carbocycles. The van der Waals surface area contributed by atoms with Crippen molar-refractivity contribution in [3.8, 4) is 0 Å². The minimum atomic E-state index is -2.50. The van der Waals surface area contributed by atoms with Gasteiger partial charge in [0.05, 0.1) is 0 Å². The third-order valence-electron chi connectivity index (χ3n) is 5.93. The molecule has 24 heavy (non-hydrogen) atoms. The van der Waals surface area contributed by atoms with Gasteiger partial charge in [-0.2, -0.15) is 0 Å². The zero-order valence-electron chi connectivity index (χ0n) is 18.2. The van der Waals surface area contributed by atoms with Crippen LogP contribution in [0.3, 0.4) is 0 Å². The van der Waals surface area contributed by atoms with Crippen molar-refractivity contribution in [2.45, 2.75) is 116 Å². The Hall–Kier alpha value is 0.584. The maximum absolute atomic E-state index is 13.1. The standard InChI is InChI=1S/C18H43O3PSi2/c1-13(2)23(14(3)4,15(5)6)20-22(19)21-24(16(7)8,17(9)10)18(11)12/h13-18,22H,1-12H3. The zero-order valence-corrected chi connectivity index (χ0v) is 21.2. The number of hydrogen-bond acceptors (Lipinski definition) is 3. The van der Waals surface area contributed by atoms with Crippen molar-refractivity contribution in [1.82, 2.24) is 0 Å². The molecule has 0 saturated heterocycles. The first-order chi connectivity index (χ1) is 10.8. The Morgan fingerprint density at radius 1 is 0.500 bits per heavy atom. The van der Waals surface area contributed by atoms with E-state index < -0.39 is 24.9 Å². The van der Waals surface area contributed by atoms with Crippen LogP contribution in [0.25, 0.3) is 0 Å². The molecule has 0 fully saturated rings. The van der Waals surface area contributed by atoms with Gasteiger partial charge >= 0.3 is 0 Å². The first kappa shape index (κ1) is 24.6. The largest absolute Gasteiger partial charge is 0.352 e. The summed E-state index contributed by atoms with van der Waals surface area (Å²) in [7, 11) is -6.83. The fourth-order valence-electron chi connectivity index (χ4n) is 5.02. The first-order valence-corrected chi connectivity index (χ1v) is 15.2. The lowest BCUT2D eigenvalue weighted by Crippen LogP contribution is -2.49. The van der Waals surface area contributed by atoms with Gasteiger partial charge in [0.2, 0.25) is 16.6 Å². The first-order valence-electron chi connectivity index (χ1n) is 9.68. The smallest absolute Gasteiger partial charge is 0.299 e. The highest BCUT2D eigenvalue weighted by molar-refractivity contribution is 7.38. The third kappa shape index (κ3) is 4.85. The SMILES string of the molecule is CC(C)[Si](O[PH](=O)O[Si](C(C)C)(C(C)C)C(C)C)(C(C)C)C(C)C. The molecule has 0 N–H and O–H groups in total. The van der Waals surface area contributed by atoms with Crippen molar-refractivity contribution < 1.29 is 13.0 Å². The molecular weight excluding hydrogens is 351 g/mol. The van der Waals surface area contributed by atoms with E-state index in [1.54, 1.807) is 0 Å². The van der Waals surface area contributed by atoms with Crippen LogP contribution in [0.1, 0.15) is 83.1 Å². The van der Waals surface area contributed by atoms with Gasteiger partial charge in [-0.05, 0) is 33.2 Å². The summed E-state index contributed by atoms with van der Waals surface area (Å²) in [5, 5.41) is 0. The van der Waals surface area contributed by atoms with Crippen molar-refractivity contribution in [1.29, 1.82) is 0 Å². The van der Waals surface area contributed by atoms with E-state index >= 15 is 0 Å². The molecule has 0 saturated carbocycles. The Labute approximate surface area is 154 Å². The highest BCUT2D eigenvalue weighted by Crippen LogP contribution is 2.53. The van der Waals surface area contributed by atoms with Gasteiger partial charge < -0.3 is 8.43 Å². The fraction of sp³-hybridized carbons (Fsp3) is 1.00. The zero-order chi connectivity index (χ0) is 19.5. The molecule has 0 unspecified atom stereocenters. The molecule has 0 aliphatic heterocycles. The molecule has 0 aromatic carbocycles. The maximum atomic E-state index is 13.1. The van der Waals surface area contributed by atoms with Crippen LogP contribution in [0.4, 0.5) is 0 Å². The van der Waals surface area contributed by atoms with Crippen LogP contribution in [-0.2, 0) is 13.0 Å². The van der Waals surface area contributed by atoms with Crippen molar-refractivity contribution in [2.75, 3.05) is 0 Å². The molecule has 0 bridgehead atoms. The predicted molar refractivity (Wildman–Crippen MR) is 113 cm³/mol. The topological polar surface area (TPSA) is 35.5 Å². The molecule has 0 radical (unpaired) electrons. The van der Waals surface area contributed by atoms with Gasteiger partial charge in [0.15, 0.2) is 0 Å². The maximum Gasteiger partial charge on any atom is 0.299 e. The molecule has 0 spiro atoms. The minimum absolute atomic E-state index is 0.420. The molecular formula is C18H43O3PSi2. The average molecular weight is 395 g/mol. The lowest BCUT2D eigenvalue weighted by atomic mass is 10.5. The summed E-state index contributed by atoms with van der Waals surface area (Å²) in [6, 6.07) is 0. The molecule has 0 rings (SSSR count). The summed E-state index contributed by atoms with van der Waals surface area (Å²) in [6.45, 7) is 26.7. The molecule has 0 heterocycles. The normalized spacial score (nSPS) is 14.5. The van der Waals surface area contributed by atoms with E-state index in [2.05, 4.69) is 83.1 Å². The summed E-state index contributed by atoms with van der Waals surface area (Å²) in [5.41, 5.74) is 2.52. The van der Waals surface area contributed by atoms with Crippen LogP contribution in [0.5, 0.6) is 0 Å². The van der Waals surface area contributed by atoms with E-state index in [9.17, 15) is 4.57 Å². The molecule has 0 aliphatic rings. The monoisotopic (exact) mass is 394 g/mol. The van der Waals surface area contributed by atoms with E-state index in [1.807, 2.05) is 0 Å². The van der Waals surface area contributed by atoms with Gasteiger partial charge in [-0.25, -0.2) is 0 Å². The summed E-state index contributed by atoms with van der Waals surface area (Å²) in [4.78, 5) is 0. The van der Waals surface area contributed by atoms with Crippen LogP contribution < -0.4 is 0 Å².